The van der Waals surface area contributed by atoms with Crippen LogP contribution in [0.3, 0.4) is 0 Å². The Morgan fingerprint density at radius 1 is 1.20 bits per heavy atom. The quantitative estimate of drug-likeness (QED) is 0.738. The Morgan fingerprint density at radius 3 is 2.75 bits per heavy atom. The first-order valence-corrected chi connectivity index (χ1v) is 7.05. The summed E-state index contributed by atoms with van der Waals surface area (Å²) < 4.78 is 20.0. The second-order valence-corrected chi connectivity index (χ2v) is 5.68. The van der Waals surface area contributed by atoms with Crippen LogP contribution in [-0.2, 0) is 0 Å². The summed E-state index contributed by atoms with van der Waals surface area (Å²) in [7, 11) is 0. The smallest absolute Gasteiger partial charge is 0.137 e. The molecule has 0 aliphatic carbocycles. The van der Waals surface area contributed by atoms with Crippen molar-refractivity contribution < 1.29 is 8.81 Å². The van der Waals surface area contributed by atoms with Gasteiger partial charge in [-0.3, -0.25) is 0 Å². The highest BCUT2D eigenvalue weighted by molar-refractivity contribution is 9.10. The second-order valence-electron chi connectivity index (χ2n) is 4.76. The van der Waals surface area contributed by atoms with Gasteiger partial charge in [-0.25, -0.2) is 4.39 Å². The molecule has 1 aromatic heterocycles. The van der Waals surface area contributed by atoms with Gasteiger partial charge < -0.3 is 10.2 Å². The predicted molar refractivity (Wildman–Crippen MR) is 81.1 cm³/mol. The number of rotatable bonds is 2. The van der Waals surface area contributed by atoms with E-state index in [9.17, 15) is 4.39 Å². The van der Waals surface area contributed by atoms with Gasteiger partial charge in [-0.15, -0.1) is 0 Å². The lowest BCUT2D eigenvalue weighted by atomic mass is 10.0. The number of hydrogen-bond acceptors (Lipinski definition) is 2. The van der Waals surface area contributed by atoms with Gasteiger partial charge in [-0.1, -0.05) is 28.1 Å². The van der Waals surface area contributed by atoms with Crippen molar-refractivity contribution in [2.24, 2.45) is 5.73 Å². The molecule has 20 heavy (non-hydrogen) atoms. The van der Waals surface area contributed by atoms with Gasteiger partial charge >= 0.3 is 0 Å². The molecule has 3 aromatic rings. The molecule has 0 saturated heterocycles. The Morgan fingerprint density at radius 2 is 2.00 bits per heavy atom. The zero-order valence-corrected chi connectivity index (χ0v) is 12.4. The Kier molecular flexibility index (Phi) is 3.36. The lowest BCUT2D eigenvalue weighted by molar-refractivity contribution is 0.518. The number of hydrogen-bond donors (Lipinski definition) is 1. The first-order chi connectivity index (χ1) is 9.56. The van der Waals surface area contributed by atoms with E-state index in [0.717, 1.165) is 21.0 Å². The number of halogens is 2. The zero-order valence-electron chi connectivity index (χ0n) is 10.9. The molecule has 1 atom stereocenters. The van der Waals surface area contributed by atoms with Crippen molar-refractivity contribution in [3.8, 4) is 0 Å². The van der Waals surface area contributed by atoms with E-state index in [1.54, 1.807) is 6.07 Å². The van der Waals surface area contributed by atoms with Crippen LogP contribution in [0.25, 0.3) is 11.0 Å². The van der Waals surface area contributed by atoms with E-state index in [2.05, 4.69) is 15.9 Å². The molecule has 3 rings (SSSR count). The van der Waals surface area contributed by atoms with Crippen LogP contribution in [0.15, 0.2) is 51.4 Å². The van der Waals surface area contributed by atoms with Crippen LogP contribution >= 0.6 is 15.9 Å². The summed E-state index contributed by atoms with van der Waals surface area (Å²) in [6.07, 6.45) is 0. The van der Waals surface area contributed by atoms with Crippen molar-refractivity contribution in [2.75, 3.05) is 0 Å². The molecule has 102 valence electrons. The van der Waals surface area contributed by atoms with Gasteiger partial charge in [0, 0.05) is 21.5 Å². The third kappa shape index (κ3) is 2.25. The molecule has 0 spiro atoms. The molecule has 1 unspecified atom stereocenters. The molecule has 2 aromatic carbocycles. The minimum atomic E-state index is -0.372. The van der Waals surface area contributed by atoms with E-state index in [-0.39, 0.29) is 11.9 Å². The Bertz CT molecular complexity index is 781. The van der Waals surface area contributed by atoms with E-state index in [1.807, 2.05) is 31.2 Å². The summed E-state index contributed by atoms with van der Waals surface area (Å²) in [5.74, 6) is 0.359. The lowest BCUT2D eigenvalue weighted by Crippen LogP contribution is -2.11. The summed E-state index contributed by atoms with van der Waals surface area (Å²) in [5, 5.41) is 0.895. The van der Waals surface area contributed by atoms with Crippen molar-refractivity contribution in [3.05, 3.63) is 69.6 Å². The van der Waals surface area contributed by atoms with Gasteiger partial charge in [-0.2, -0.15) is 0 Å². The van der Waals surface area contributed by atoms with E-state index >= 15 is 0 Å². The van der Waals surface area contributed by atoms with Gasteiger partial charge in [0.15, 0.2) is 0 Å². The molecule has 0 aliphatic rings. The number of nitrogens with two attached hydrogens (primary N) is 1. The molecular weight excluding hydrogens is 321 g/mol. The highest BCUT2D eigenvalue weighted by atomic mass is 79.9. The van der Waals surface area contributed by atoms with Gasteiger partial charge in [0.2, 0.25) is 0 Å². The minimum absolute atomic E-state index is 0.311. The Hall–Kier alpha value is -1.65. The van der Waals surface area contributed by atoms with Gasteiger partial charge in [0.05, 0.1) is 6.04 Å². The summed E-state index contributed by atoms with van der Waals surface area (Å²) in [6, 6.07) is 11.9. The first-order valence-electron chi connectivity index (χ1n) is 6.26. The molecule has 0 aliphatic heterocycles. The molecule has 2 N–H and O–H groups in total. The summed E-state index contributed by atoms with van der Waals surface area (Å²) in [6.45, 7) is 1.94. The maximum Gasteiger partial charge on any atom is 0.137 e. The number of fused-ring (bicyclic) bond motifs is 1. The third-order valence-electron chi connectivity index (χ3n) is 3.43. The van der Waals surface area contributed by atoms with E-state index < -0.39 is 0 Å². The first kappa shape index (κ1) is 13.3. The zero-order chi connectivity index (χ0) is 14.3. The van der Waals surface area contributed by atoms with Crippen LogP contribution in [0.2, 0.25) is 0 Å². The van der Waals surface area contributed by atoms with Gasteiger partial charge in [0.25, 0.3) is 0 Å². The average Bonchev–Trinajstić information content (AvgIpc) is 2.74. The number of aryl methyl sites for hydroxylation is 1. The van der Waals surface area contributed by atoms with Crippen molar-refractivity contribution in [1.82, 2.24) is 0 Å². The molecular formula is C16H13BrFNO. The highest BCUT2D eigenvalue weighted by Gasteiger charge is 2.19. The Balaban J connectivity index is 2.12. The van der Waals surface area contributed by atoms with E-state index in [1.165, 1.54) is 12.1 Å². The van der Waals surface area contributed by atoms with Crippen molar-refractivity contribution in [2.45, 2.75) is 13.0 Å². The maximum absolute atomic E-state index is 13.3. The molecule has 0 saturated carbocycles. The van der Waals surface area contributed by atoms with Crippen LogP contribution in [0.1, 0.15) is 22.9 Å². The van der Waals surface area contributed by atoms with Crippen LogP contribution in [0.4, 0.5) is 4.39 Å². The normalized spacial score (nSPS) is 12.8. The summed E-state index contributed by atoms with van der Waals surface area (Å²) in [4.78, 5) is 0. The molecule has 0 amide bonds. The monoisotopic (exact) mass is 333 g/mol. The number of furan rings is 1. The fourth-order valence-electron chi connectivity index (χ4n) is 2.37. The predicted octanol–water partition coefficient (Wildman–Crippen LogP) is 4.69. The number of benzene rings is 2. The SMILES string of the molecule is Cc1c(C(N)c2cccc(Br)c2)oc2cc(F)ccc12. The molecule has 4 heteroatoms. The molecule has 0 fully saturated rings. The van der Waals surface area contributed by atoms with Crippen LogP contribution in [0.5, 0.6) is 0 Å². The molecule has 0 radical (unpaired) electrons. The fraction of sp³-hybridized carbons (Fsp3) is 0.125. The lowest BCUT2D eigenvalue weighted by Gasteiger charge is -2.10. The molecule has 1 heterocycles. The average molecular weight is 334 g/mol. The van der Waals surface area contributed by atoms with E-state index in [4.69, 9.17) is 10.2 Å². The van der Waals surface area contributed by atoms with Gasteiger partial charge in [0.1, 0.15) is 17.2 Å². The minimum Gasteiger partial charge on any atom is -0.459 e. The fourth-order valence-corrected chi connectivity index (χ4v) is 2.78. The van der Waals surface area contributed by atoms with Crippen molar-refractivity contribution in [1.29, 1.82) is 0 Å². The second kappa shape index (κ2) is 5.04. The topological polar surface area (TPSA) is 39.2 Å². The molecule has 2 nitrogen and oxygen atoms in total. The van der Waals surface area contributed by atoms with Crippen molar-refractivity contribution >= 4 is 26.9 Å². The van der Waals surface area contributed by atoms with Crippen molar-refractivity contribution in [3.63, 3.8) is 0 Å². The van der Waals surface area contributed by atoms with Crippen LogP contribution in [0, 0.1) is 12.7 Å². The van der Waals surface area contributed by atoms with Crippen LogP contribution in [-0.4, -0.2) is 0 Å². The largest absolute Gasteiger partial charge is 0.459 e. The molecule has 0 bridgehead atoms. The Labute approximate surface area is 124 Å². The summed E-state index contributed by atoms with van der Waals surface area (Å²) >= 11 is 3.43. The summed E-state index contributed by atoms with van der Waals surface area (Å²) in [5.41, 5.74) is 8.71. The van der Waals surface area contributed by atoms with E-state index in [0.29, 0.717) is 11.3 Å². The maximum atomic E-state index is 13.3. The highest BCUT2D eigenvalue weighted by Crippen LogP contribution is 2.32. The standard InChI is InChI=1S/C16H13BrFNO/c1-9-13-6-5-12(18)8-14(13)20-16(9)15(19)10-3-2-4-11(17)7-10/h2-8,15H,19H2,1H3. The van der Waals surface area contributed by atoms with Gasteiger partial charge in [-0.05, 0) is 36.8 Å². The van der Waals surface area contributed by atoms with Crippen LogP contribution < -0.4 is 5.73 Å². The third-order valence-corrected chi connectivity index (χ3v) is 3.92.